The number of nitrogens with two attached hydrogens (primary N) is 1. The van der Waals surface area contributed by atoms with Gasteiger partial charge in [-0.15, -0.1) is 0 Å². The molecular formula is C13H17N3O2. The molecule has 0 radical (unpaired) electrons. The van der Waals surface area contributed by atoms with Gasteiger partial charge in [-0.25, -0.2) is 4.98 Å². The predicted molar refractivity (Wildman–Crippen MR) is 66.3 cm³/mol. The SMILES string of the molecule is COc1ncccc1C(=O)N1CC(N)(C2CC2)C1. The standard InChI is InChI=1S/C13H17N3O2/c1-18-11-10(3-2-6-15-11)12(17)16-7-13(14,8-16)9-4-5-9/h2-3,6,9H,4-5,7-8,14H2,1H3. The second kappa shape index (κ2) is 3.95. The monoisotopic (exact) mass is 247 g/mol. The number of likely N-dealkylation sites (tertiary alicyclic amines) is 1. The van der Waals surface area contributed by atoms with Crippen LogP contribution in [0.25, 0.3) is 0 Å². The first-order valence-corrected chi connectivity index (χ1v) is 6.21. The minimum absolute atomic E-state index is 0.0401. The summed E-state index contributed by atoms with van der Waals surface area (Å²) in [6, 6.07) is 3.48. The number of ether oxygens (including phenoxy) is 1. The van der Waals surface area contributed by atoms with Crippen LogP contribution in [0.3, 0.4) is 0 Å². The summed E-state index contributed by atoms with van der Waals surface area (Å²) in [5, 5.41) is 0. The molecule has 0 atom stereocenters. The summed E-state index contributed by atoms with van der Waals surface area (Å²) in [6.07, 6.45) is 4.02. The van der Waals surface area contributed by atoms with Crippen LogP contribution in [0.1, 0.15) is 23.2 Å². The fourth-order valence-corrected chi connectivity index (χ4v) is 2.61. The lowest BCUT2D eigenvalue weighted by Crippen LogP contribution is -2.69. The Balaban J connectivity index is 1.72. The topological polar surface area (TPSA) is 68.5 Å². The Morgan fingerprint density at radius 3 is 2.89 bits per heavy atom. The molecule has 18 heavy (non-hydrogen) atoms. The van der Waals surface area contributed by atoms with Crippen molar-refractivity contribution in [3.63, 3.8) is 0 Å². The van der Waals surface area contributed by atoms with Gasteiger partial charge in [0.25, 0.3) is 5.91 Å². The average Bonchev–Trinajstić information content (AvgIpc) is 3.18. The lowest BCUT2D eigenvalue weighted by atomic mass is 9.85. The van der Waals surface area contributed by atoms with E-state index in [-0.39, 0.29) is 11.4 Å². The van der Waals surface area contributed by atoms with Crippen LogP contribution in [0.15, 0.2) is 18.3 Å². The molecule has 3 rings (SSSR count). The van der Waals surface area contributed by atoms with Gasteiger partial charge in [-0.2, -0.15) is 0 Å². The average molecular weight is 247 g/mol. The molecule has 2 heterocycles. The zero-order valence-electron chi connectivity index (χ0n) is 10.4. The lowest BCUT2D eigenvalue weighted by molar-refractivity contribution is 0.0347. The molecule has 0 aromatic carbocycles. The van der Waals surface area contributed by atoms with Crippen LogP contribution in [0, 0.1) is 5.92 Å². The van der Waals surface area contributed by atoms with Crippen LogP contribution >= 0.6 is 0 Å². The van der Waals surface area contributed by atoms with E-state index in [1.165, 1.54) is 20.0 Å². The second-order valence-corrected chi connectivity index (χ2v) is 5.23. The summed E-state index contributed by atoms with van der Waals surface area (Å²) in [7, 11) is 1.52. The number of aromatic nitrogens is 1. The zero-order valence-corrected chi connectivity index (χ0v) is 10.4. The van der Waals surface area contributed by atoms with Crippen LogP contribution in [0.5, 0.6) is 5.88 Å². The van der Waals surface area contributed by atoms with Gasteiger partial charge >= 0.3 is 0 Å². The van der Waals surface area contributed by atoms with E-state index >= 15 is 0 Å². The highest BCUT2D eigenvalue weighted by Crippen LogP contribution is 2.43. The molecule has 96 valence electrons. The normalized spacial score (nSPS) is 21.3. The van der Waals surface area contributed by atoms with E-state index in [9.17, 15) is 4.79 Å². The summed E-state index contributed by atoms with van der Waals surface area (Å²) in [5.41, 5.74) is 6.61. The van der Waals surface area contributed by atoms with Gasteiger partial charge < -0.3 is 15.4 Å². The third kappa shape index (κ3) is 1.75. The first-order chi connectivity index (χ1) is 8.64. The molecule has 2 aliphatic rings. The maximum absolute atomic E-state index is 12.3. The van der Waals surface area contributed by atoms with E-state index < -0.39 is 0 Å². The first-order valence-electron chi connectivity index (χ1n) is 6.21. The van der Waals surface area contributed by atoms with E-state index in [1.807, 2.05) is 0 Å². The minimum atomic E-state index is -0.148. The molecule has 1 saturated carbocycles. The van der Waals surface area contributed by atoms with Gasteiger partial charge in [-0.05, 0) is 30.9 Å². The Hall–Kier alpha value is -1.62. The van der Waals surface area contributed by atoms with Gasteiger partial charge in [-0.1, -0.05) is 0 Å². The molecule has 5 nitrogen and oxygen atoms in total. The van der Waals surface area contributed by atoms with E-state index in [0.717, 1.165) is 0 Å². The molecule has 2 N–H and O–H groups in total. The van der Waals surface area contributed by atoms with Crippen molar-refractivity contribution in [3.05, 3.63) is 23.9 Å². The fraction of sp³-hybridized carbons (Fsp3) is 0.538. The second-order valence-electron chi connectivity index (χ2n) is 5.23. The van der Waals surface area contributed by atoms with Crippen LogP contribution in [0.4, 0.5) is 0 Å². The summed E-state index contributed by atoms with van der Waals surface area (Å²) in [5.74, 6) is 0.947. The molecule has 1 aromatic rings. The fourth-order valence-electron chi connectivity index (χ4n) is 2.61. The number of amides is 1. The Labute approximate surface area is 106 Å². The lowest BCUT2D eigenvalue weighted by Gasteiger charge is -2.48. The number of hydrogen-bond donors (Lipinski definition) is 1. The van der Waals surface area contributed by atoms with Crippen molar-refractivity contribution in [1.29, 1.82) is 0 Å². The number of nitrogens with zero attached hydrogens (tertiary/aromatic N) is 2. The number of rotatable bonds is 3. The molecule has 1 aromatic heterocycles. The van der Waals surface area contributed by atoms with Crippen molar-refractivity contribution in [3.8, 4) is 5.88 Å². The summed E-state index contributed by atoms with van der Waals surface area (Å²) < 4.78 is 5.11. The predicted octanol–water partition coefficient (Wildman–Crippen LogP) is 0.654. The number of pyridine rings is 1. The Morgan fingerprint density at radius 2 is 2.28 bits per heavy atom. The molecule has 0 bridgehead atoms. The number of carbonyl (C=O) groups is 1. The van der Waals surface area contributed by atoms with Gasteiger partial charge in [0.15, 0.2) is 0 Å². The van der Waals surface area contributed by atoms with E-state index in [2.05, 4.69) is 4.98 Å². The van der Waals surface area contributed by atoms with E-state index in [0.29, 0.717) is 30.5 Å². The Kier molecular flexibility index (Phi) is 2.52. The van der Waals surface area contributed by atoms with Crippen LogP contribution in [0.2, 0.25) is 0 Å². The van der Waals surface area contributed by atoms with Crippen molar-refractivity contribution in [2.24, 2.45) is 11.7 Å². The van der Waals surface area contributed by atoms with Gasteiger partial charge in [-0.3, -0.25) is 4.79 Å². The maximum Gasteiger partial charge on any atom is 0.259 e. The first kappa shape index (κ1) is 11.5. The minimum Gasteiger partial charge on any atom is -0.480 e. The maximum atomic E-state index is 12.3. The molecule has 1 saturated heterocycles. The van der Waals surface area contributed by atoms with Crippen molar-refractivity contribution in [2.45, 2.75) is 18.4 Å². The van der Waals surface area contributed by atoms with Crippen molar-refractivity contribution < 1.29 is 9.53 Å². The molecule has 1 amide bonds. The van der Waals surface area contributed by atoms with Crippen molar-refractivity contribution in [2.75, 3.05) is 20.2 Å². The molecule has 1 aliphatic carbocycles. The molecule has 1 aliphatic heterocycles. The number of methoxy groups -OCH3 is 1. The van der Waals surface area contributed by atoms with Crippen LogP contribution in [-0.4, -0.2) is 41.5 Å². The van der Waals surface area contributed by atoms with Crippen molar-refractivity contribution in [1.82, 2.24) is 9.88 Å². The van der Waals surface area contributed by atoms with Crippen LogP contribution < -0.4 is 10.5 Å². The summed E-state index contributed by atoms with van der Waals surface area (Å²) in [6.45, 7) is 1.29. The van der Waals surface area contributed by atoms with Gasteiger partial charge in [0, 0.05) is 19.3 Å². The summed E-state index contributed by atoms with van der Waals surface area (Å²) >= 11 is 0. The molecule has 0 unspecified atom stereocenters. The Bertz CT molecular complexity index is 479. The largest absolute Gasteiger partial charge is 0.480 e. The Morgan fingerprint density at radius 1 is 1.56 bits per heavy atom. The third-order valence-corrected chi connectivity index (χ3v) is 3.84. The molecule has 5 heteroatoms. The van der Waals surface area contributed by atoms with Gasteiger partial charge in [0.2, 0.25) is 5.88 Å². The molecular weight excluding hydrogens is 230 g/mol. The third-order valence-electron chi connectivity index (χ3n) is 3.84. The quantitative estimate of drug-likeness (QED) is 0.851. The summed E-state index contributed by atoms with van der Waals surface area (Å²) in [4.78, 5) is 18.1. The van der Waals surface area contributed by atoms with Gasteiger partial charge in [0.05, 0.1) is 12.6 Å². The molecule has 2 fully saturated rings. The molecule has 0 spiro atoms. The highest BCUT2D eigenvalue weighted by molar-refractivity contribution is 5.97. The smallest absolute Gasteiger partial charge is 0.259 e. The zero-order chi connectivity index (χ0) is 12.8. The van der Waals surface area contributed by atoms with Gasteiger partial charge in [0.1, 0.15) is 5.56 Å². The van der Waals surface area contributed by atoms with E-state index in [1.54, 1.807) is 23.2 Å². The number of hydrogen-bond acceptors (Lipinski definition) is 4. The van der Waals surface area contributed by atoms with E-state index in [4.69, 9.17) is 10.5 Å². The van der Waals surface area contributed by atoms with Crippen molar-refractivity contribution >= 4 is 5.91 Å². The number of carbonyl (C=O) groups excluding carboxylic acids is 1. The highest BCUT2D eigenvalue weighted by Gasteiger charge is 2.51. The highest BCUT2D eigenvalue weighted by atomic mass is 16.5. The van der Waals surface area contributed by atoms with Crippen LogP contribution in [-0.2, 0) is 0 Å².